The highest BCUT2D eigenvalue weighted by Crippen LogP contribution is 2.23. The van der Waals surface area contributed by atoms with Gasteiger partial charge in [-0.3, -0.25) is 0 Å². The number of alkyl halides is 3. The maximum Gasteiger partial charge on any atom is 0.403 e. The van der Waals surface area contributed by atoms with Crippen LogP contribution >= 0.6 is 0 Å². The Balaban J connectivity index is 3.07. The summed E-state index contributed by atoms with van der Waals surface area (Å²) in [6.45, 7) is 0. The van der Waals surface area contributed by atoms with Crippen LogP contribution < -0.4 is 5.73 Å². The van der Waals surface area contributed by atoms with Crippen LogP contribution in [0.5, 0.6) is 0 Å². The monoisotopic (exact) mass is 239 g/mol. The first-order valence-corrected chi connectivity index (χ1v) is 5.51. The molecule has 2 N–H and O–H groups in total. The maximum absolute atomic E-state index is 11.9. The fourth-order valence-electron chi connectivity index (χ4n) is 1.01. The van der Waals surface area contributed by atoms with Crippen molar-refractivity contribution in [1.29, 1.82) is 0 Å². The van der Waals surface area contributed by atoms with Gasteiger partial charge in [0.25, 0.3) is 0 Å². The van der Waals surface area contributed by atoms with E-state index >= 15 is 0 Å². The molecule has 1 aromatic carbocycles. The van der Waals surface area contributed by atoms with Gasteiger partial charge in [-0.05, 0) is 18.2 Å². The molecule has 0 fully saturated rings. The van der Waals surface area contributed by atoms with Crippen molar-refractivity contribution in [3.05, 3.63) is 24.3 Å². The summed E-state index contributed by atoms with van der Waals surface area (Å²) in [6.07, 6.45) is -4.75. The Labute approximate surface area is 84.6 Å². The lowest BCUT2D eigenvalue weighted by molar-refractivity contribution is -0.106. The van der Waals surface area contributed by atoms with Crippen LogP contribution in [-0.2, 0) is 9.84 Å². The molecule has 0 aliphatic heterocycles. The summed E-state index contributed by atoms with van der Waals surface area (Å²) < 4.78 is 58.2. The number of nitrogens with two attached hydrogens (primary N) is 1. The van der Waals surface area contributed by atoms with E-state index in [0.717, 1.165) is 12.1 Å². The fraction of sp³-hybridized carbons (Fsp3) is 0.250. The first-order valence-electron chi connectivity index (χ1n) is 3.86. The molecule has 0 aromatic heterocycles. The summed E-state index contributed by atoms with van der Waals surface area (Å²) in [4.78, 5) is -0.417. The second-order valence-electron chi connectivity index (χ2n) is 2.95. The van der Waals surface area contributed by atoms with Gasteiger partial charge in [-0.25, -0.2) is 8.42 Å². The molecule has 84 valence electrons. The highest BCUT2D eigenvalue weighted by Gasteiger charge is 2.35. The highest BCUT2D eigenvalue weighted by molar-refractivity contribution is 7.91. The zero-order chi connectivity index (χ0) is 11.7. The Morgan fingerprint density at radius 1 is 1.27 bits per heavy atom. The van der Waals surface area contributed by atoms with Crippen LogP contribution in [0.25, 0.3) is 0 Å². The minimum Gasteiger partial charge on any atom is -0.399 e. The van der Waals surface area contributed by atoms with Crippen LogP contribution in [0, 0.1) is 0 Å². The summed E-state index contributed by atoms with van der Waals surface area (Å²) in [7, 11) is -4.35. The van der Waals surface area contributed by atoms with Crippen LogP contribution in [0.3, 0.4) is 0 Å². The van der Waals surface area contributed by atoms with Gasteiger partial charge in [0, 0.05) is 5.69 Å². The molecule has 0 heterocycles. The lowest BCUT2D eigenvalue weighted by atomic mass is 10.3. The van der Waals surface area contributed by atoms with Crippen molar-refractivity contribution >= 4 is 15.5 Å². The van der Waals surface area contributed by atoms with Crippen LogP contribution in [0.4, 0.5) is 18.9 Å². The van der Waals surface area contributed by atoms with Gasteiger partial charge in [-0.1, -0.05) is 6.07 Å². The lowest BCUT2D eigenvalue weighted by Crippen LogP contribution is -2.22. The van der Waals surface area contributed by atoms with Crippen molar-refractivity contribution in [2.75, 3.05) is 11.5 Å². The van der Waals surface area contributed by atoms with Crippen molar-refractivity contribution in [2.45, 2.75) is 11.1 Å². The van der Waals surface area contributed by atoms with E-state index in [1.54, 1.807) is 0 Å². The number of hydrogen-bond acceptors (Lipinski definition) is 3. The first-order chi connectivity index (χ1) is 6.71. The van der Waals surface area contributed by atoms with Crippen LogP contribution in [0.2, 0.25) is 0 Å². The van der Waals surface area contributed by atoms with E-state index in [-0.39, 0.29) is 5.69 Å². The maximum atomic E-state index is 11.9. The van der Waals surface area contributed by atoms with Crippen molar-refractivity contribution in [2.24, 2.45) is 0 Å². The minimum atomic E-state index is -4.75. The van der Waals surface area contributed by atoms with E-state index in [4.69, 9.17) is 5.73 Å². The van der Waals surface area contributed by atoms with Gasteiger partial charge in [0.15, 0.2) is 15.6 Å². The fourth-order valence-corrected chi connectivity index (χ4v) is 2.21. The number of hydrogen-bond donors (Lipinski definition) is 1. The molecule has 0 atom stereocenters. The van der Waals surface area contributed by atoms with Gasteiger partial charge in [0.05, 0.1) is 4.90 Å². The number of rotatable bonds is 2. The molecular formula is C8H8F3NO2S. The summed E-state index contributed by atoms with van der Waals surface area (Å²) in [5, 5.41) is 0. The number of benzene rings is 1. The molecule has 0 aliphatic rings. The standard InChI is InChI=1S/C8H8F3NO2S/c9-8(10,11)5-15(13,14)7-3-1-2-6(12)4-7/h1-4H,5,12H2. The summed E-state index contributed by atoms with van der Waals surface area (Å²) in [5.74, 6) is -1.87. The Bertz CT molecular complexity index is 453. The summed E-state index contributed by atoms with van der Waals surface area (Å²) in [5.41, 5.74) is 5.38. The predicted molar refractivity (Wildman–Crippen MR) is 49.0 cm³/mol. The lowest BCUT2D eigenvalue weighted by Gasteiger charge is -2.07. The van der Waals surface area contributed by atoms with E-state index in [2.05, 4.69) is 0 Å². The van der Waals surface area contributed by atoms with E-state index in [1.807, 2.05) is 0 Å². The molecule has 1 rings (SSSR count). The molecule has 3 nitrogen and oxygen atoms in total. The van der Waals surface area contributed by atoms with Gasteiger partial charge in [0.2, 0.25) is 0 Å². The molecule has 0 unspecified atom stereocenters. The largest absolute Gasteiger partial charge is 0.403 e. The number of halogens is 3. The Hall–Kier alpha value is -1.24. The quantitative estimate of drug-likeness (QED) is 0.797. The highest BCUT2D eigenvalue weighted by atomic mass is 32.2. The van der Waals surface area contributed by atoms with Crippen molar-refractivity contribution in [1.82, 2.24) is 0 Å². The molecule has 0 spiro atoms. The Kier molecular flexibility index (Phi) is 2.94. The molecule has 0 saturated carbocycles. The third-order valence-electron chi connectivity index (χ3n) is 1.57. The SMILES string of the molecule is Nc1cccc(S(=O)(=O)CC(F)(F)F)c1. The molecular weight excluding hydrogens is 231 g/mol. The Morgan fingerprint density at radius 2 is 1.87 bits per heavy atom. The normalized spacial score (nSPS) is 12.7. The second kappa shape index (κ2) is 3.73. The first kappa shape index (κ1) is 11.8. The van der Waals surface area contributed by atoms with E-state index < -0.39 is 26.7 Å². The van der Waals surface area contributed by atoms with Crippen LogP contribution in [0.15, 0.2) is 29.2 Å². The van der Waals surface area contributed by atoms with E-state index in [0.29, 0.717) is 0 Å². The minimum absolute atomic E-state index is 0.109. The van der Waals surface area contributed by atoms with Crippen molar-refractivity contribution in [3.63, 3.8) is 0 Å². The zero-order valence-electron chi connectivity index (χ0n) is 7.45. The summed E-state index contributed by atoms with van der Waals surface area (Å²) >= 11 is 0. The molecule has 0 aliphatic carbocycles. The van der Waals surface area contributed by atoms with Gasteiger partial charge in [-0.2, -0.15) is 13.2 Å². The smallest absolute Gasteiger partial charge is 0.399 e. The molecule has 1 aromatic rings. The third kappa shape index (κ3) is 3.43. The third-order valence-corrected chi connectivity index (χ3v) is 3.25. The number of anilines is 1. The van der Waals surface area contributed by atoms with E-state index in [9.17, 15) is 21.6 Å². The molecule has 0 saturated heterocycles. The predicted octanol–water partition coefficient (Wildman–Crippen LogP) is 1.60. The van der Waals surface area contributed by atoms with Crippen molar-refractivity contribution < 1.29 is 21.6 Å². The molecule has 0 bridgehead atoms. The van der Waals surface area contributed by atoms with Gasteiger partial charge < -0.3 is 5.73 Å². The molecule has 7 heteroatoms. The van der Waals surface area contributed by atoms with Gasteiger partial charge in [-0.15, -0.1) is 0 Å². The topological polar surface area (TPSA) is 60.2 Å². The van der Waals surface area contributed by atoms with Gasteiger partial charge >= 0.3 is 6.18 Å². The average molecular weight is 239 g/mol. The zero-order valence-corrected chi connectivity index (χ0v) is 8.27. The average Bonchev–Trinajstić information content (AvgIpc) is 1.99. The summed E-state index contributed by atoms with van der Waals surface area (Å²) in [6, 6.07) is 4.77. The van der Waals surface area contributed by atoms with Crippen LogP contribution in [-0.4, -0.2) is 20.3 Å². The van der Waals surface area contributed by atoms with Crippen molar-refractivity contribution in [3.8, 4) is 0 Å². The van der Waals surface area contributed by atoms with E-state index in [1.165, 1.54) is 12.1 Å². The molecule has 0 radical (unpaired) electrons. The number of sulfone groups is 1. The Morgan fingerprint density at radius 3 is 2.33 bits per heavy atom. The molecule has 0 amide bonds. The number of nitrogen functional groups attached to an aromatic ring is 1. The van der Waals surface area contributed by atoms with Gasteiger partial charge in [0.1, 0.15) is 0 Å². The second-order valence-corrected chi connectivity index (χ2v) is 4.94. The molecule has 15 heavy (non-hydrogen) atoms. The van der Waals surface area contributed by atoms with Crippen LogP contribution in [0.1, 0.15) is 0 Å².